The van der Waals surface area contributed by atoms with Crippen LogP contribution in [0.15, 0.2) is 24.3 Å². The van der Waals surface area contributed by atoms with Crippen LogP contribution in [0.3, 0.4) is 0 Å². The maximum atomic E-state index is 12.8. The first-order valence-electron chi connectivity index (χ1n) is 8.75. The summed E-state index contributed by atoms with van der Waals surface area (Å²) < 4.78 is 5.17. The Morgan fingerprint density at radius 1 is 1.38 bits per heavy atom. The molecule has 3 amide bonds. The van der Waals surface area contributed by atoms with Crippen molar-refractivity contribution in [2.24, 2.45) is 5.92 Å². The second-order valence-corrected chi connectivity index (χ2v) is 6.87. The van der Waals surface area contributed by atoms with Crippen molar-refractivity contribution >= 4 is 17.9 Å². The number of nitrogens with one attached hydrogen (secondary N) is 1. The van der Waals surface area contributed by atoms with Gasteiger partial charge in [-0.25, -0.2) is 4.79 Å². The standard InChI is InChI=1S/C19H21N3O4/c1-13-6-4-5-9-19(13)17(24)22(18(25)21-19)11-16(23)26-12-15-8-3-2-7-14(15)10-20/h2-3,7-8,13H,4-6,9,11-12H2,1H3,(H,21,25)/t13-,19-/m1/s1. The molecule has 0 radical (unpaired) electrons. The molecule has 7 nitrogen and oxygen atoms in total. The van der Waals surface area contributed by atoms with Gasteiger partial charge in [0.2, 0.25) is 0 Å². The van der Waals surface area contributed by atoms with E-state index >= 15 is 0 Å². The maximum Gasteiger partial charge on any atom is 0.326 e. The van der Waals surface area contributed by atoms with Crippen LogP contribution in [-0.2, 0) is 20.9 Å². The Hall–Kier alpha value is -2.88. The van der Waals surface area contributed by atoms with Gasteiger partial charge in [0.1, 0.15) is 18.7 Å². The third-order valence-corrected chi connectivity index (χ3v) is 5.32. The number of hydrogen-bond donors (Lipinski definition) is 1. The summed E-state index contributed by atoms with van der Waals surface area (Å²) in [4.78, 5) is 38.1. The highest BCUT2D eigenvalue weighted by atomic mass is 16.5. The number of nitrogens with zero attached hydrogens (tertiary/aromatic N) is 2. The molecule has 1 saturated heterocycles. The Kier molecular flexibility index (Phi) is 4.94. The van der Waals surface area contributed by atoms with E-state index in [9.17, 15) is 14.4 Å². The number of hydrogen-bond acceptors (Lipinski definition) is 5. The average molecular weight is 355 g/mol. The fourth-order valence-corrected chi connectivity index (χ4v) is 3.73. The van der Waals surface area contributed by atoms with Gasteiger partial charge >= 0.3 is 12.0 Å². The summed E-state index contributed by atoms with van der Waals surface area (Å²) in [6.45, 7) is 1.46. The van der Waals surface area contributed by atoms with E-state index in [0.717, 1.165) is 24.2 Å². The summed E-state index contributed by atoms with van der Waals surface area (Å²) in [5.74, 6) is -0.984. The SMILES string of the molecule is C[C@@H]1CCCC[C@@]12NC(=O)N(CC(=O)OCc1ccccc1C#N)C2=O. The molecule has 136 valence electrons. The van der Waals surface area contributed by atoms with Crippen LogP contribution >= 0.6 is 0 Å². The number of carbonyl (C=O) groups excluding carboxylic acids is 3. The number of rotatable bonds is 4. The number of benzene rings is 1. The minimum absolute atomic E-state index is 0.0382. The number of esters is 1. The molecule has 1 aromatic rings. The zero-order valence-corrected chi connectivity index (χ0v) is 14.7. The molecule has 1 aromatic carbocycles. The molecule has 3 rings (SSSR count). The van der Waals surface area contributed by atoms with E-state index in [-0.39, 0.29) is 18.4 Å². The Bertz CT molecular complexity index is 785. The monoisotopic (exact) mass is 355 g/mol. The van der Waals surface area contributed by atoms with Crippen LogP contribution in [0.25, 0.3) is 0 Å². The van der Waals surface area contributed by atoms with Crippen LogP contribution in [-0.4, -0.2) is 34.9 Å². The van der Waals surface area contributed by atoms with Crippen LogP contribution in [0.2, 0.25) is 0 Å². The van der Waals surface area contributed by atoms with Crippen molar-refractivity contribution in [1.82, 2.24) is 10.2 Å². The number of ether oxygens (including phenoxy) is 1. The van der Waals surface area contributed by atoms with Crippen molar-refractivity contribution in [2.75, 3.05) is 6.54 Å². The molecular weight excluding hydrogens is 334 g/mol. The lowest BCUT2D eigenvalue weighted by molar-refractivity contribution is -0.149. The van der Waals surface area contributed by atoms with E-state index < -0.39 is 24.1 Å². The van der Waals surface area contributed by atoms with Gasteiger partial charge in [-0.2, -0.15) is 5.26 Å². The molecule has 0 unspecified atom stereocenters. The van der Waals surface area contributed by atoms with E-state index in [1.54, 1.807) is 24.3 Å². The summed E-state index contributed by atoms with van der Waals surface area (Å²) in [5.41, 5.74) is 0.117. The van der Waals surface area contributed by atoms with Crippen molar-refractivity contribution in [3.63, 3.8) is 0 Å². The third-order valence-electron chi connectivity index (χ3n) is 5.32. The minimum atomic E-state index is -0.886. The number of amides is 3. The quantitative estimate of drug-likeness (QED) is 0.659. The zero-order valence-electron chi connectivity index (χ0n) is 14.7. The van der Waals surface area contributed by atoms with E-state index in [1.807, 2.05) is 13.0 Å². The largest absolute Gasteiger partial charge is 0.459 e. The van der Waals surface area contributed by atoms with Gasteiger partial charge in [0, 0.05) is 5.56 Å². The predicted octanol–water partition coefficient (Wildman–Crippen LogP) is 2.10. The minimum Gasteiger partial charge on any atom is -0.459 e. The lowest BCUT2D eigenvalue weighted by atomic mass is 9.73. The molecule has 26 heavy (non-hydrogen) atoms. The van der Waals surface area contributed by atoms with E-state index in [1.165, 1.54) is 0 Å². The molecular formula is C19H21N3O4. The number of imide groups is 1. The van der Waals surface area contributed by atoms with Gasteiger partial charge in [-0.1, -0.05) is 38.0 Å². The summed E-state index contributed by atoms with van der Waals surface area (Å²) in [6.07, 6.45) is 3.38. The zero-order chi connectivity index (χ0) is 18.7. The highest BCUT2D eigenvalue weighted by Gasteiger charge is 2.55. The Morgan fingerprint density at radius 3 is 2.88 bits per heavy atom. The Morgan fingerprint density at radius 2 is 2.15 bits per heavy atom. The molecule has 1 aliphatic heterocycles. The van der Waals surface area contributed by atoms with Gasteiger partial charge in [-0.3, -0.25) is 14.5 Å². The van der Waals surface area contributed by atoms with Gasteiger partial charge in [-0.05, 0) is 24.8 Å². The molecule has 2 atom stereocenters. The molecule has 1 heterocycles. The van der Waals surface area contributed by atoms with Gasteiger partial charge in [0.25, 0.3) is 5.91 Å². The lowest BCUT2D eigenvalue weighted by Gasteiger charge is -2.36. The van der Waals surface area contributed by atoms with Gasteiger partial charge in [-0.15, -0.1) is 0 Å². The summed E-state index contributed by atoms with van der Waals surface area (Å²) in [6, 6.07) is 8.28. The second kappa shape index (κ2) is 7.16. The molecule has 1 aliphatic carbocycles. The van der Waals surface area contributed by atoms with Crippen molar-refractivity contribution in [3.05, 3.63) is 35.4 Å². The summed E-state index contributed by atoms with van der Waals surface area (Å²) in [5, 5.41) is 11.9. The van der Waals surface area contributed by atoms with Crippen molar-refractivity contribution in [3.8, 4) is 6.07 Å². The van der Waals surface area contributed by atoms with Crippen molar-refractivity contribution < 1.29 is 19.1 Å². The molecule has 1 spiro atoms. The molecule has 1 saturated carbocycles. The Labute approximate surface area is 151 Å². The predicted molar refractivity (Wildman–Crippen MR) is 91.6 cm³/mol. The smallest absolute Gasteiger partial charge is 0.326 e. The van der Waals surface area contributed by atoms with Crippen molar-refractivity contribution in [2.45, 2.75) is 44.8 Å². The van der Waals surface area contributed by atoms with E-state index in [2.05, 4.69) is 5.32 Å². The highest BCUT2D eigenvalue weighted by molar-refractivity contribution is 6.08. The van der Waals surface area contributed by atoms with Gasteiger partial charge in [0.05, 0.1) is 11.6 Å². The number of urea groups is 1. The van der Waals surface area contributed by atoms with Crippen LogP contribution in [0.1, 0.15) is 43.7 Å². The summed E-state index contributed by atoms with van der Waals surface area (Å²) in [7, 11) is 0. The van der Waals surface area contributed by atoms with Gasteiger partial charge < -0.3 is 10.1 Å². The van der Waals surface area contributed by atoms with Gasteiger partial charge in [0.15, 0.2) is 0 Å². The molecule has 0 aromatic heterocycles. The maximum absolute atomic E-state index is 12.8. The summed E-state index contributed by atoms with van der Waals surface area (Å²) >= 11 is 0. The Balaban J connectivity index is 1.63. The number of nitriles is 1. The van der Waals surface area contributed by atoms with Crippen molar-refractivity contribution in [1.29, 1.82) is 5.26 Å². The second-order valence-electron chi connectivity index (χ2n) is 6.87. The third kappa shape index (κ3) is 3.15. The topological polar surface area (TPSA) is 99.5 Å². The fraction of sp³-hybridized carbons (Fsp3) is 0.474. The number of carbonyl (C=O) groups is 3. The molecule has 2 fully saturated rings. The van der Waals surface area contributed by atoms with Crippen LogP contribution < -0.4 is 5.32 Å². The first-order chi connectivity index (χ1) is 12.5. The lowest BCUT2D eigenvalue weighted by Crippen LogP contribution is -2.54. The molecule has 2 aliphatic rings. The molecule has 0 bridgehead atoms. The first kappa shape index (κ1) is 17.9. The van der Waals surface area contributed by atoms with E-state index in [4.69, 9.17) is 10.00 Å². The molecule has 7 heteroatoms. The van der Waals surface area contributed by atoms with Crippen LogP contribution in [0.5, 0.6) is 0 Å². The highest BCUT2D eigenvalue weighted by Crippen LogP contribution is 2.38. The normalized spacial score (nSPS) is 25.1. The fourth-order valence-electron chi connectivity index (χ4n) is 3.73. The first-order valence-corrected chi connectivity index (χ1v) is 8.75. The van der Waals surface area contributed by atoms with Crippen LogP contribution in [0.4, 0.5) is 4.79 Å². The van der Waals surface area contributed by atoms with Crippen LogP contribution in [0, 0.1) is 17.2 Å². The molecule has 1 N–H and O–H groups in total. The van der Waals surface area contributed by atoms with E-state index in [0.29, 0.717) is 17.5 Å². The average Bonchev–Trinajstić information content (AvgIpc) is 2.87.